The van der Waals surface area contributed by atoms with Crippen molar-refractivity contribution in [3.05, 3.63) is 30.1 Å². The van der Waals surface area contributed by atoms with E-state index in [0.29, 0.717) is 0 Å². The molecule has 1 N–H and O–H groups in total. The highest BCUT2D eigenvalue weighted by molar-refractivity contribution is 6.78. The minimum atomic E-state index is -1.88. The number of nitrogens with one attached hydrogen (secondary N) is 1. The summed E-state index contributed by atoms with van der Waals surface area (Å²) < 4.78 is 1.62. The number of aromatic nitrogens is 1. The Morgan fingerprint density at radius 3 is 2.40 bits per heavy atom. The molecule has 0 unspecified atom stereocenters. The van der Waals surface area contributed by atoms with Crippen LogP contribution in [0.2, 0.25) is 39.3 Å². The zero-order valence-corrected chi connectivity index (χ0v) is 15.1. The highest BCUT2D eigenvalue weighted by Crippen LogP contribution is 2.11. The molecule has 0 atom stereocenters. The predicted octanol–water partition coefficient (Wildman–Crippen LogP) is 3.10. The molecular weight excluding hydrogens is 284 g/mol. The summed E-state index contributed by atoms with van der Waals surface area (Å²) in [7, 11) is -3.55. The summed E-state index contributed by atoms with van der Waals surface area (Å²) in [5.74, 6) is 0. The molecule has 0 aromatic carbocycles. The van der Waals surface area contributed by atoms with Crippen LogP contribution < -0.4 is 4.98 Å². The van der Waals surface area contributed by atoms with E-state index >= 15 is 0 Å². The lowest BCUT2D eigenvalue weighted by atomic mass is 10.3. The molecule has 0 aliphatic rings. The second-order valence-corrected chi connectivity index (χ2v) is 16.2. The van der Waals surface area contributed by atoms with E-state index in [-0.39, 0.29) is 6.03 Å². The summed E-state index contributed by atoms with van der Waals surface area (Å²) in [6.45, 7) is 12.6. The zero-order valence-electron chi connectivity index (χ0n) is 13.1. The molecule has 1 aromatic rings. The Bertz CT molecular complexity index is 477. The smallest absolute Gasteiger partial charge is 0.321 e. The zero-order chi connectivity index (χ0) is 15.4. The fourth-order valence-electron chi connectivity index (χ4n) is 1.48. The van der Waals surface area contributed by atoms with Gasteiger partial charge in [-0.25, -0.2) is 9.47 Å². The summed E-state index contributed by atoms with van der Waals surface area (Å²) in [4.78, 5) is 19.5. The number of hydrogen-bond donors (Lipinski definition) is 1. The van der Waals surface area contributed by atoms with Gasteiger partial charge in [-0.05, 0) is 25.7 Å². The molecule has 7 heteroatoms. The van der Waals surface area contributed by atoms with Gasteiger partial charge >= 0.3 is 6.03 Å². The van der Waals surface area contributed by atoms with E-state index < -0.39 is 16.5 Å². The predicted molar refractivity (Wildman–Crippen MR) is 88.9 cm³/mol. The molecule has 0 radical (unpaired) electrons. The number of carbonyl (C=O) groups excluding carboxylic acids is 1. The number of rotatable bonds is 4. The van der Waals surface area contributed by atoms with Gasteiger partial charge in [-0.15, -0.1) is 0 Å². The Morgan fingerprint density at radius 1 is 1.30 bits per heavy atom. The van der Waals surface area contributed by atoms with E-state index in [4.69, 9.17) is 0 Å². The molecule has 0 aliphatic heterocycles. The van der Waals surface area contributed by atoms with Crippen molar-refractivity contribution in [3.63, 3.8) is 0 Å². The molecule has 1 heterocycles. The maximum Gasteiger partial charge on any atom is 0.321 e. The highest BCUT2D eigenvalue weighted by atomic mass is 28.3. The van der Waals surface area contributed by atoms with Crippen LogP contribution in [0.3, 0.4) is 0 Å². The fourth-order valence-corrected chi connectivity index (χ4v) is 3.41. The minimum Gasteiger partial charge on any atom is -0.364 e. The van der Waals surface area contributed by atoms with E-state index in [0.717, 1.165) is 5.56 Å². The van der Waals surface area contributed by atoms with Crippen molar-refractivity contribution >= 4 is 28.7 Å². The number of amides is 2. The standard InChI is InChI=1S/C13H24N4OSi2/c1-19(2,3)16-13(18)17(20(4,5)6)15-11-12-8-7-9-14-10-12/h7-11H,1-6H3,(H,16,18)/b15-11+. The molecule has 0 bridgehead atoms. The van der Waals surface area contributed by atoms with E-state index in [2.05, 4.69) is 54.3 Å². The molecule has 0 saturated heterocycles. The van der Waals surface area contributed by atoms with Crippen LogP contribution in [0.25, 0.3) is 0 Å². The van der Waals surface area contributed by atoms with Crippen molar-refractivity contribution in [3.8, 4) is 0 Å². The molecule has 0 saturated carbocycles. The van der Waals surface area contributed by atoms with Gasteiger partial charge in [0.05, 0.1) is 6.21 Å². The second kappa shape index (κ2) is 6.32. The number of hydrazone groups is 1. The summed E-state index contributed by atoms with van der Waals surface area (Å²) in [5, 5.41) is 4.39. The van der Waals surface area contributed by atoms with Crippen LogP contribution >= 0.6 is 0 Å². The number of carbonyl (C=O) groups is 1. The average molecular weight is 309 g/mol. The molecule has 1 aromatic heterocycles. The van der Waals surface area contributed by atoms with E-state index in [1.807, 2.05) is 12.1 Å². The van der Waals surface area contributed by atoms with Crippen molar-refractivity contribution in [1.82, 2.24) is 14.6 Å². The normalized spacial score (nSPS) is 12.5. The van der Waals surface area contributed by atoms with E-state index in [1.165, 1.54) is 0 Å². The molecule has 1 rings (SSSR count). The lowest BCUT2D eigenvalue weighted by molar-refractivity contribution is 0.228. The van der Waals surface area contributed by atoms with Gasteiger partial charge in [0, 0.05) is 18.0 Å². The third-order valence-electron chi connectivity index (χ3n) is 2.32. The number of nitrogens with zero attached hydrogens (tertiary/aromatic N) is 3. The Morgan fingerprint density at radius 2 is 1.95 bits per heavy atom. The fraction of sp³-hybridized carbons (Fsp3) is 0.462. The van der Waals surface area contributed by atoms with Crippen molar-refractivity contribution in [1.29, 1.82) is 0 Å². The van der Waals surface area contributed by atoms with E-state index in [1.54, 1.807) is 23.3 Å². The van der Waals surface area contributed by atoms with Crippen LogP contribution in [0, 0.1) is 0 Å². The average Bonchev–Trinajstić information content (AvgIpc) is 2.26. The first-order chi connectivity index (χ1) is 9.09. The SMILES string of the molecule is C[Si](C)(C)NC(=O)N(/N=C/c1cccnc1)[Si](C)(C)C. The second-order valence-electron chi connectivity index (χ2n) is 6.69. The largest absolute Gasteiger partial charge is 0.364 e. The monoisotopic (exact) mass is 308 g/mol. The lowest BCUT2D eigenvalue weighted by Gasteiger charge is -2.32. The van der Waals surface area contributed by atoms with Crippen LogP contribution in [0.15, 0.2) is 29.6 Å². The van der Waals surface area contributed by atoms with Gasteiger partial charge in [0.25, 0.3) is 0 Å². The van der Waals surface area contributed by atoms with Crippen LogP contribution in [0.4, 0.5) is 4.79 Å². The molecular formula is C13H24N4OSi2. The number of pyridine rings is 1. The first-order valence-electron chi connectivity index (χ1n) is 6.66. The van der Waals surface area contributed by atoms with Crippen LogP contribution in [-0.4, -0.2) is 38.4 Å². The number of hydrogen-bond acceptors (Lipinski definition) is 3. The minimum absolute atomic E-state index is 0.0940. The maximum absolute atomic E-state index is 12.4. The highest BCUT2D eigenvalue weighted by Gasteiger charge is 2.31. The van der Waals surface area contributed by atoms with Gasteiger partial charge < -0.3 is 4.98 Å². The Kier molecular flexibility index (Phi) is 5.24. The third kappa shape index (κ3) is 5.66. The van der Waals surface area contributed by atoms with Crippen LogP contribution in [-0.2, 0) is 0 Å². The molecule has 0 fully saturated rings. The van der Waals surface area contributed by atoms with Gasteiger partial charge in [-0.1, -0.05) is 25.7 Å². The maximum atomic E-state index is 12.4. The molecule has 2 amide bonds. The van der Waals surface area contributed by atoms with Gasteiger partial charge in [0.15, 0.2) is 8.24 Å². The molecule has 110 valence electrons. The lowest BCUT2D eigenvalue weighted by Crippen LogP contribution is -2.56. The van der Waals surface area contributed by atoms with Gasteiger partial charge in [0.1, 0.15) is 8.24 Å². The molecule has 0 spiro atoms. The summed E-state index contributed by atoms with van der Waals surface area (Å²) in [6.07, 6.45) is 5.13. The van der Waals surface area contributed by atoms with E-state index in [9.17, 15) is 4.79 Å². The topological polar surface area (TPSA) is 57.6 Å². The van der Waals surface area contributed by atoms with Crippen LogP contribution in [0.5, 0.6) is 0 Å². The summed E-state index contributed by atoms with van der Waals surface area (Å²) in [5.41, 5.74) is 0.886. The van der Waals surface area contributed by atoms with Gasteiger partial charge in [0.2, 0.25) is 0 Å². The molecule has 0 aliphatic carbocycles. The third-order valence-corrected chi connectivity index (χ3v) is 4.87. The Balaban J connectivity index is 2.92. The summed E-state index contributed by atoms with van der Waals surface area (Å²) in [6, 6.07) is 3.67. The first kappa shape index (κ1) is 16.6. The molecule has 5 nitrogen and oxygen atoms in total. The quantitative estimate of drug-likeness (QED) is 0.528. The van der Waals surface area contributed by atoms with Crippen molar-refractivity contribution in [2.24, 2.45) is 5.10 Å². The number of urea groups is 1. The Hall–Kier alpha value is -1.48. The molecule has 20 heavy (non-hydrogen) atoms. The summed E-state index contributed by atoms with van der Waals surface area (Å²) >= 11 is 0. The van der Waals surface area contributed by atoms with Crippen molar-refractivity contribution in [2.45, 2.75) is 39.3 Å². The first-order valence-corrected chi connectivity index (χ1v) is 13.6. The van der Waals surface area contributed by atoms with Crippen molar-refractivity contribution < 1.29 is 4.79 Å². The van der Waals surface area contributed by atoms with Gasteiger partial charge in [-0.3, -0.25) is 4.98 Å². The Labute approximate surface area is 123 Å². The van der Waals surface area contributed by atoms with Gasteiger partial charge in [-0.2, -0.15) is 5.10 Å². The van der Waals surface area contributed by atoms with Crippen molar-refractivity contribution in [2.75, 3.05) is 0 Å². The van der Waals surface area contributed by atoms with Crippen LogP contribution in [0.1, 0.15) is 5.56 Å².